The van der Waals surface area contributed by atoms with Gasteiger partial charge in [0.15, 0.2) is 0 Å². The minimum Gasteiger partial charge on any atom is -0.509 e. The van der Waals surface area contributed by atoms with Gasteiger partial charge in [-0.1, -0.05) is 90.8 Å². The van der Waals surface area contributed by atoms with Crippen LogP contribution in [0.4, 0.5) is 0 Å². The third kappa shape index (κ3) is 8.58. The average molecular weight is 914 g/mol. The second kappa shape index (κ2) is 17.0. The number of allylic oxidation sites excluding steroid dienone is 2. The molecule has 0 saturated heterocycles. The number of nitrogens with zero attached hydrogens (tertiary/aromatic N) is 4. The number of fused-ring (bicyclic) bond motifs is 3. The molecule has 3 atom stereocenters. The van der Waals surface area contributed by atoms with Crippen LogP contribution in [0.1, 0.15) is 121 Å². The molecule has 55 heavy (non-hydrogen) atoms. The van der Waals surface area contributed by atoms with Crippen molar-refractivity contribution < 1.29 is 25.8 Å². The van der Waals surface area contributed by atoms with Crippen molar-refractivity contribution in [2.75, 3.05) is 0 Å². The second-order valence-electron chi connectivity index (χ2n) is 17.2. The van der Waals surface area contributed by atoms with Crippen LogP contribution < -0.4 is 4.74 Å². The van der Waals surface area contributed by atoms with Crippen LogP contribution in [0.25, 0.3) is 33.3 Å². The first-order chi connectivity index (χ1) is 25.9. The summed E-state index contributed by atoms with van der Waals surface area (Å²) in [5.74, 6) is 5.20. The Morgan fingerprint density at radius 1 is 0.836 bits per heavy atom. The van der Waals surface area contributed by atoms with Crippen molar-refractivity contribution in [3.63, 3.8) is 0 Å². The number of hydrogen-bond donors (Lipinski definition) is 0. The molecule has 0 fully saturated rings. The van der Waals surface area contributed by atoms with Crippen LogP contribution in [-0.4, -0.2) is 19.3 Å². The summed E-state index contributed by atoms with van der Waals surface area (Å²) >= 11 is 0. The fourth-order valence-corrected chi connectivity index (χ4v) is 8.64. The molecule has 290 valence electrons. The van der Waals surface area contributed by atoms with E-state index in [1.165, 1.54) is 34.5 Å². The summed E-state index contributed by atoms with van der Waals surface area (Å²) in [4.78, 5) is 4.77. The van der Waals surface area contributed by atoms with Crippen LogP contribution in [0.3, 0.4) is 0 Å². The summed E-state index contributed by atoms with van der Waals surface area (Å²) in [6.45, 7) is 23.1. The van der Waals surface area contributed by atoms with E-state index < -0.39 is 0 Å². The Kier molecular flexibility index (Phi) is 12.6. The minimum atomic E-state index is 0. The Balaban J connectivity index is 0.00000514. The van der Waals surface area contributed by atoms with Gasteiger partial charge in [-0.2, -0.15) is 11.2 Å². The van der Waals surface area contributed by atoms with Crippen LogP contribution in [0.2, 0.25) is 0 Å². The molecule has 7 rings (SSSR count). The van der Waals surface area contributed by atoms with Gasteiger partial charge in [-0.15, -0.1) is 41.3 Å². The van der Waals surface area contributed by atoms with Gasteiger partial charge in [-0.3, -0.25) is 4.68 Å². The number of hydrogen-bond acceptors (Lipinski definition) is 3. The van der Waals surface area contributed by atoms with Crippen LogP contribution in [0, 0.1) is 42.7 Å². The number of benzene rings is 3. The van der Waals surface area contributed by atoms with E-state index in [1.54, 1.807) is 0 Å². The zero-order valence-electron chi connectivity index (χ0n) is 34.4. The molecule has 0 bridgehead atoms. The van der Waals surface area contributed by atoms with Crippen LogP contribution >= 0.6 is 0 Å². The zero-order valence-corrected chi connectivity index (χ0v) is 36.7. The van der Waals surface area contributed by atoms with E-state index in [1.807, 2.05) is 18.3 Å². The van der Waals surface area contributed by atoms with Gasteiger partial charge in [0, 0.05) is 40.4 Å². The van der Waals surface area contributed by atoms with Gasteiger partial charge in [0.25, 0.3) is 0 Å². The Labute approximate surface area is 343 Å². The van der Waals surface area contributed by atoms with Gasteiger partial charge in [0.05, 0.1) is 5.69 Å². The quantitative estimate of drug-likeness (QED) is 0.0908. The van der Waals surface area contributed by atoms with Gasteiger partial charge in [0.2, 0.25) is 0 Å². The minimum absolute atomic E-state index is 0. The maximum Gasteiger partial charge on any atom is 2.00 e. The molecule has 3 heterocycles. The number of para-hydroxylation sites is 1. The molecular weight excluding hydrogens is 856 g/mol. The molecule has 1 unspecified atom stereocenters. The normalized spacial score (nSPS) is 17.4. The monoisotopic (exact) mass is 913 g/mol. The topological polar surface area (TPSA) is 44.9 Å². The molecule has 6 heteroatoms. The van der Waals surface area contributed by atoms with E-state index in [4.69, 9.17) is 14.8 Å². The number of rotatable bonds is 12. The molecule has 0 aliphatic heterocycles. The molecule has 6 aromatic rings. The van der Waals surface area contributed by atoms with Crippen molar-refractivity contribution in [3.05, 3.63) is 119 Å². The van der Waals surface area contributed by atoms with Crippen molar-refractivity contribution in [2.45, 2.75) is 113 Å². The molecule has 0 amide bonds. The van der Waals surface area contributed by atoms with E-state index >= 15 is 0 Å². The molecule has 1 aliphatic carbocycles. The predicted octanol–water partition coefficient (Wildman–Crippen LogP) is 13.1. The van der Waals surface area contributed by atoms with Gasteiger partial charge in [-0.05, 0) is 110 Å². The second-order valence-corrected chi connectivity index (χ2v) is 17.2. The summed E-state index contributed by atoms with van der Waals surface area (Å²) in [6.07, 6.45) is 9.77. The molecule has 0 saturated carbocycles. The van der Waals surface area contributed by atoms with E-state index in [2.05, 4.69) is 145 Å². The summed E-state index contributed by atoms with van der Waals surface area (Å²) in [6, 6.07) is 28.6. The van der Waals surface area contributed by atoms with Crippen molar-refractivity contribution in [1.29, 1.82) is 0 Å². The van der Waals surface area contributed by atoms with Gasteiger partial charge in [0.1, 0.15) is 5.82 Å². The maximum atomic E-state index is 6.77. The standard InChI is InChI=1S/C49H58N4O.Pt/c1-30(2)15-19-43-49(48-35(9)23-34(8)24-36(48)10)45(20-16-31(3)4)53(51-43)38-26-37(32(5)6)27-40(28-38)54-39-17-18-42-41-13-11-12-14-44(41)52(46(42)29-39)47-25-33(7)21-22-50-47;/h11-14,17-18,21-23,25-27,30-32,34,36,48H,15-16,19-20,24H2,1-10H3;/q-2;+2/t34-,36-,48?;/m0./s1. The fourth-order valence-electron chi connectivity index (χ4n) is 8.64. The Morgan fingerprint density at radius 3 is 2.29 bits per heavy atom. The first-order valence-electron chi connectivity index (χ1n) is 20.3. The first-order valence-corrected chi connectivity index (χ1v) is 20.3. The molecule has 0 radical (unpaired) electrons. The van der Waals surface area contributed by atoms with E-state index in [-0.39, 0.29) is 21.1 Å². The zero-order chi connectivity index (χ0) is 38.3. The number of pyridine rings is 1. The van der Waals surface area contributed by atoms with Crippen molar-refractivity contribution >= 4 is 21.8 Å². The summed E-state index contributed by atoms with van der Waals surface area (Å²) in [5.41, 5.74) is 10.9. The van der Waals surface area contributed by atoms with Crippen molar-refractivity contribution in [1.82, 2.24) is 19.3 Å². The fraction of sp³-hybridized carbons (Fsp3) is 0.429. The van der Waals surface area contributed by atoms with E-state index in [0.29, 0.717) is 47.0 Å². The van der Waals surface area contributed by atoms with Gasteiger partial charge >= 0.3 is 21.1 Å². The summed E-state index contributed by atoms with van der Waals surface area (Å²) < 4.78 is 11.2. The predicted molar refractivity (Wildman–Crippen MR) is 224 cm³/mol. The molecule has 0 N–H and O–H groups in total. The SMILES string of the molecule is CC1=C[C@H](C)C[C@H](C)C1c1c(CCC(C)C)nn(-c2[c-]c(Oc3[c-]c4c(cc3)c3ccccc3n4-c3cc(C)ccn3)cc(C(C)C)c2)c1CCC(C)C.[Pt+2]. The number of ether oxygens (including phenoxy) is 1. The Hall–Kier alpha value is -3.95. The van der Waals surface area contributed by atoms with Crippen LogP contribution in [0.5, 0.6) is 11.5 Å². The average Bonchev–Trinajstić information content (AvgIpc) is 3.64. The third-order valence-corrected chi connectivity index (χ3v) is 11.3. The molecule has 1 aliphatic rings. The van der Waals surface area contributed by atoms with Crippen LogP contribution in [-0.2, 0) is 33.9 Å². The molecule has 3 aromatic carbocycles. The summed E-state index contributed by atoms with van der Waals surface area (Å²) in [5, 5.41) is 7.82. The molecule has 0 spiro atoms. The third-order valence-electron chi connectivity index (χ3n) is 11.3. The van der Waals surface area contributed by atoms with E-state index in [9.17, 15) is 0 Å². The smallest absolute Gasteiger partial charge is 0.509 e. The van der Waals surface area contributed by atoms with E-state index in [0.717, 1.165) is 64.6 Å². The van der Waals surface area contributed by atoms with Gasteiger partial charge in [-0.25, -0.2) is 4.98 Å². The molecular formula is C49H58N4OPt. The Morgan fingerprint density at radius 2 is 1.58 bits per heavy atom. The largest absolute Gasteiger partial charge is 2.00 e. The van der Waals surface area contributed by atoms with Crippen molar-refractivity contribution in [3.8, 4) is 23.0 Å². The maximum absolute atomic E-state index is 6.77. The van der Waals surface area contributed by atoms with Crippen LogP contribution in [0.15, 0.2) is 78.5 Å². The number of aromatic nitrogens is 4. The summed E-state index contributed by atoms with van der Waals surface area (Å²) in [7, 11) is 0. The first kappa shape index (κ1) is 40.7. The van der Waals surface area contributed by atoms with Gasteiger partial charge < -0.3 is 9.30 Å². The number of aryl methyl sites for hydroxylation is 2. The van der Waals surface area contributed by atoms with Crippen molar-refractivity contribution in [2.24, 2.45) is 23.7 Å². The Bertz CT molecular complexity index is 2310. The molecule has 3 aromatic heterocycles. The molecule has 5 nitrogen and oxygen atoms in total.